The fraction of sp³-hybridized carbons (Fsp3) is 0.381. The van der Waals surface area contributed by atoms with Crippen molar-refractivity contribution in [1.82, 2.24) is 5.32 Å². The molecule has 1 N–H and O–H groups in total. The zero-order valence-corrected chi connectivity index (χ0v) is 16.5. The first kappa shape index (κ1) is 19.0. The third-order valence-corrected chi connectivity index (χ3v) is 7.12. The number of nitrogens with zero attached hydrogens (tertiary/aromatic N) is 1. The lowest BCUT2D eigenvalue weighted by Crippen LogP contribution is -2.39. The van der Waals surface area contributed by atoms with Gasteiger partial charge in [0.05, 0.1) is 10.6 Å². The fourth-order valence-electron chi connectivity index (χ4n) is 3.78. The van der Waals surface area contributed by atoms with E-state index in [9.17, 15) is 13.2 Å². The number of fused-ring (bicyclic) bond motifs is 1. The lowest BCUT2D eigenvalue weighted by molar-refractivity contribution is 0.0696. The third-order valence-electron chi connectivity index (χ3n) is 5.31. The quantitative estimate of drug-likeness (QED) is 0.856. The van der Waals surface area contributed by atoms with Crippen molar-refractivity contribution in [1.29, 1.82) is 0 Å². The van der Waals surface area contributed by atoms with Gasteiger partial charge in [-0.25, -0.2) is 8.42 Å². The Morgan fingerprint density at radius 1 is 1.07 bits per heavy atom. The van der Waals surface area contributed by atoms with Crippen molar-refractivity contribution in [3.63, 3.8) is 0 Å². The van der Waals surface area contributed by atoms with Gasteiger partial charge in [0.2, 0.25) is 0 Å². The number of carbonyl (C=O) groups is 1. The lowest BCUT2D eigenvalue weighted by atomic mass is 10.0. The minimum Gasteiger partial charge on any atom is -0.381 e. The molecule has 2 aromatic carbocycles. The lowest BCUT2D eigenvalue weighted by Gasteiger charge is -2.30. The van der Waals surface area contributed by atoms with Crippen molar-refractivity contribution in [2.24, 2.45) is 0 Å². The third kappa shape index (κ3) is 3.77. The monoisotopic (exact) mass is 400 g/mol. The summed E-state index contributed by atoms with van der Waals surface area (Å²) in [6.45, 7) is 1.71. The van der Waals surface area contributed by atoms with Gasteiger partial charge < -0.3 is 10.1 Å². The van der Waals surface area contributed by atoms with E-state index in [4.69, 9.17) is 4.74 Å². The summed E-state index contributed by atoms with van der Waals surface area (Å²) >= 11 is 0. The Bertz CT molecular complexity index is 968. The molecular weight excluding hydrogens is 376 g/mol. The molecule has 28 heavy (non-hydrogen) atoms. The number of hydrogen-bond donors (Lipinski definition) is 1. The Balaban J connectivity index is 1.59. The zero-order chi connectivity index (χ0) is 19.6. The number of anilines is 1. The van der Waals surface area contributed by atoms with Crippen molar-refractivity contribution in [2.45, 2.75) is 36.6 Å². The Labute approximate surface area is 165 Å². The van der Waals surface area contributed by atoms with Gasteiger partial charge in [-0.3, -0.25) is 9.10 Å². The highest BCUT2D eigenvalue weighted by Crippen LogP contribution is 2.31. The number of aryl methyl sites for hydroxylation is 1. The van der Waals surface area contributed by atoms with Crippen molar-refractivity contribution in [3.8, 4) is 0 Å². The molecular formula is C21H24N2O4S. The molecule has 0 aromatic heterocycles. The summed E-state index contributed by atoms with van der Waals surface area (Å²) < 4.78 is 33.4. The molecule has 0 spiro atoms. The summed E-state index contributed by atoms with van der Waals surface area (Å²) in [5, 5.41) is 2.98. The normalized spacial score (nSPS) is 17.8. The van der Waals surface area contributed by atoms with E-state index in [0.29, 0.717) is 25.3 Å². The molecule has 2 aromatic rings. The molecule has 6 nitrogen and oxygen atoms in total. The number of amides is 1. The minimum atomic E-state index is -3.73. The molecule has 0 unspecified atom stereocenters. The van der Waals surface area contributed by atoms with Gasteiger partial charge in [0, 0.05) is 31.4 Å². The molecule has 2 aliphatic rings. The van der Waals surface area contributed by atoms with Gasteiger partial charge in [0.15, 0.2) is 0 Å². The molecule has 2 aliphatic heterocycles. The Hall–Kier alpha value is -2.38. The van der Waals surface area contributed by atoms with Crippen LogP contribution in [0.3, 0.4) is 0 Å². The van der Waals surface area contributed by atoms with Crippen LogP contribution in [-0.2, 0) is 21.2 Å². The SMILES string of the molecule is O=C(NC1CCOCC1)c1cccc(S(=O)(=O)N2CCCc3ccccc32)c1. The predicted octanol–water partition coefficient (Wildman–Crippen LogP) is 2.74. The van der Waals surface area contributed by atoms with Crippen molar-refractivity contribution >= 4 is 21.6 Å². The van der Waals surface area contributed by atoms with Crippen LogP contribution in [0, 0.1) is 0 Å². The second kappa shape index (κ2) is 7.93. The molecule has 4 rings (SSSR count). The van der Waals surface area contributed by atoms with Crippen molar-refractivity contribution < 1.29 is 17.9 Å². The molecule has 0 saturated carbocycles. The zero-order valence-electron chi connectivity index (χ0n) is 15.6. The van der Waals surface area contributed by atoms with Gasteiger partial charge in [0.1, 0.15) is 0 Å². The van der Waals surface area contributed by atoms with E-state index in [1.807, 2.05) is 24.3 Å². The van der Waals surface area contributed by atoms with Crippen LogP contribution in [0.15, 0.2) is 53.4 Å². The van der Waals surface area contributed by atoms with E-state index < -0.39 is 10.0 Å². The highest BCUT2D eigenvalue weighted by atomic mass is 32.2. The summed E-state index contributed by atoms with van der Waals surface area (Å²) in [6, 6.07) is 14.0. The van der Waals surface area contributed by atoms with Crippen LogP contribution in [0.4, 0.5) is 5.69 Å². The van der Waals surface area contributed by atoms with Gasteiger partial charge in [0.25, 0.3) is 15.9 Å². The Morgan fingerprint density at radius 2 is 1.86 bits per heavy atom. The average Bonchev–Trinajstić information content (AvgIpc) is 2.74. The smallest absolute Gasteiger partial charge is 0.264 e. The highest BCUT2D eigenvalue weighted by Gasteiger charge is 2.29. The molecule has 7 heteroatoms. The first-order valence-electron chi connectivity index (χ1n) is 9.65. The molecule has 1 saturated heterocycles. The number of benzene rings is 2. The van der Waals surface area contributed by atoms with E-state index in [1.165, 1.54) is 10.4 Å². The molecule has 1 fully saturated rings. The van der Waals surface area contributed by atoms with Crippen LogP contribution in [-0.4, -0.2) is 40.1 Å². The summed E-state index contributed by atoms with van der Waals surface area (Å²) in [6.07, 6.45) is 3.19. The summed E-state index contributed by atoms with van der Waals surface area (Å²) in [5.74, 6) is -0.247. The summed E-state index contributed by atoms with van der Waals surface area (Å²) in [5.41, 5.74) is 2.12. The molecule has 0 aliphatic carbocycles. The molecule has 0 bridgehead atoms. The maximum atomic E-state index is 13.3. The molecule has 0 radical (unpaired) electrons. The maximum absolute atomic E-state index is 13.3. The number of hydrogen-bond acceptors (Lipinski definition) is 4. The minimum absolute atomic E-state index is 0.0653. The Kier molecular flexibility index (Phi) is 5.37. The van der Waals surface area contributed by atoms with Gasteiger partial charge in [-0.1, -0.05) is 24.3 Å². The standard InChI is InChI=1S/C21H24N2O4S/c24-21(22-18-10-13-27-14-11-18)17-6-3-8-19(15-17)28(25,26)23-12-4-7-16-5-1-2-9-20(16)23/h1-3,5-6,8-9,15,18H,4,7,10-14H2,(H,22,24). The number of para-hydroxylation sites is 1. The highest BCUT2D eigenvalue weighted by molar-refractivity contribution is 7.92. The van der Waals surface area contributed by atoms with Crippen LogP contribution in [0.5, 0.6) is 0 Å². The number of sulfonamides is 1. The van der Waals surface area contributed by atoms with Crippen LogP contribution in [0.2, 0.25) is 0 Å². The van der Waals surface area contributed by atoms with E-state index in [1.54, 1.807) is 18.2 Å². The fourth-order valence-corrected chi connectivity index (χ4v) is 5.37. The largest absolute Gasteiger partial charge is 0.381 e. The van der Waals surface area contributed by atoms with Crippen LogP contribution in [0.1, 0.15) is 35.2 Å². The van der Waals surface area contributed by atoms with Crippen LogP contribution in [0.25, 0.3) is 0 Å². The van der Waals surface area contributed by atoms with Gasteiger partial charge in [-0.2, -0.15) is 0 Å². The topological polar surface area (TPSA) is 75.7 Å². The first-order chi connectivity index (χ1) is 13.6. The molecule has 148 valence electrons. The van der Waals surface area contributed by atoms with Crippen molar-refractivity contribution in [3.05, 3.63) is 59.7 Å². The Morgan fingerprint density at radius 3 is 2.68 bits per heavy atom. The number of carbonyl (C=O) groups excluding carboxylic acids is 1. The number of nitrogens with one attached hydrogen (secondary N) is 1. The molecule has 1 amide bonds. The second-order valence-electron chi connectivity index (χ2n) is 7.20. The van der Waals surface area contributed by atoms with Gasteiger partial charge in [-0.15, -0.1) is 0 Å². The number of rotatable bonds is 4. The predicted molar refractivity (Wildman–Crippen MR) is 107 cm³/mol. The van der Waals surface area contributed by atoms with Crippen molar-refractivity contribution in [2.75, 3.05) is 24.1 Å². The summed E-state index contributed by atoms with van der Waals surface area (Å²) in [7, 11) is -3.73. The average molecular weight is 401 g/mol. The van der Waals surface area contributed by atoms with Crippen LogP contribution < -0.4 is 9.62 Å². The van der Waals surface area contributed by atoms with E-state index in [2.05, 4.69) is 5.32 Å². The molecule has 2 heterocycles. The summed E-state index contributed by atoms with van der Waals surface area (Å²) in [4.78, 5) is 12.7. The van der Waals surface area contributed by atoms with E-state index in [0.717, 1.165) is 36.9 Å². The maximum Gasteiger partial charge on any atom is 0.264 e. The molecule has 0 atom stereocenters. The van der Waals surface area contributed by atoms with Gasteiger partial charge in [-0.05, 0) is 55.5 Å². The first-order valence-corrected chi connectivity index (χ1v) is 11.1. The number of ether oxygens (including phenoxy) is 1. The van der Waals surface area contributed by atoms with E-state index in [-0.39, 0.29) is 16.8 Å². The van der Waals surface area contributed by atoms with Gasteiger partial charge >= 0.3 is 0 Å². The second-order valence-corrected chi connectivity index (χ2v) is 9.06. The van der Waals surface area contributed by atoms with E-state index >= 15 is 0 Å². The van der Waals surface area contributed by atoms with Crippen LogP contribution >= 0.6 is 0 Å².